The molecule has 0 radical (unpaired) electrons. The zero-order chi connectivity index (χ0) is 14.1. The van der Waals surface area contributed by atoms with Crippen molar-refractivity contribution in [3.63, 3.8) is 0 Å². The number of hydrogen-bond acceptors (Lipinski definition) is 4. The minimum Gasteiger partial charge on any atom is -0.353 e. The van der Waals surface area contributed by atoms with E-state index >= 15 is 0 Å². The van der Waals surface area contributed by atoms with Crippen molar-refractivity contribution >= 4 is 44.3 Å². The lowest BCUT2D eigenvalue weighted by Crippen LogP contribution is -2.18. The number of aromatic nitrogens is 2. The van der Waals surface area contributed by atoms with Gasteiger partial charge in [-0.1, -0.05) is 28.1 Å². The summed E-state index contributed by atoms with van der Waals surface area (Å²) in [5, 5.41) is 1.92. The third-order valence-corrected chi connectivity index (χ3v) is 4.37. The number of benzene rings is 1. The lowest BCUT2D eigenvalue weighted by Gasteiger charge is -2.17. The fourth-order valence-corrected chi connectivity index (χ4v) is 3.10. The predicted molar refractivity (Wildman–Crippen MR) is 84.7 cm³/mol. The minimum absolute atomic E-state index is 0.598. The number of nitrogens with zero attached hydrogens (tertiary/aromatic N) is 3. The van der Waals surface area contributed by atoms with Gasteiger partial charge in [0.05, 0.1) is 0 Å². The fraction of sp³-hybridized carbons (Fsp3) is 0.143. The van der Waals surface area contributed by atoms with Crippen molar-refractivity contribution in [1.82, 2.24) is 9.38 Å². The summed E-state index contributed by atoms with van der Waals surface area (Å²) in [4.78, 5) is 18.7. The molecule has 0 spiro atoms. The van der Waals surface area contributed by atoms with Crippen LogP contribution in [0.3, 0.4) is 0 Å². The van der Waals surface area contributed by atoms with Gasteiger partial charge in [0, 0.05) is 29.6 Å². The summed E-state index contributed by atoms with van der Waals surface area (Å²) in [6.45, 7) is 0.707. The largest absolute Gasteiger partial charge is 0.353 e. The number of carbonyl (C=O) groups is 1. The summed E-state index contributed by atoms with van der Waals surface area (Å²) in [6.07, 6.45) is 2.73. The van der Waals surface area contributed by atoms with E-state index in [9.17, 15) is 4.79 Å². The van der Waals surface area contributed by atoms with Crippen molar-refractivity contribution in [3.05, 3.63) is 51.6 Å². The minimum atomic E-state index is 0.598. The number of anilines is 1. The van der Waals surface area contributed by atoms with Gasteiger partial charge in [-0.25, -0.2) is 4.98 Å². The first-order valence-electron chi connectivity index (χ1n) is 6.05. The van der Waals surface area contributed by atoms with Gasteiger partial charge in [-0.05, 0) is 17.7 Å². The first-order valence-corrected chi connectivity index (χ1v) is 7.72. The molecule has 0 aliphatic rings. The average molecular weight is 350 g/mol. The molecule has 6 heteroatoms. The van der Waals surface area contributed by atoms with Gasteiger partial charge >= 0.3 is 0 Å². The molecule has 0 saturated heterocycles. The highest BCUT2D eigenvalue weighted by molar-refractivity contribution is 9.10. The number of hydrogen-bond donors (Lipinski definition) is 0. The van der Waals surface area contributed by atoms with Crippen LogP contribution >= 0.6 is 27.3 Å². The molecule has 0 aliphatic carbocycles. The highest BCUT2D eigenvalue weighted by atomic mass is 79.9. The monoisotopic (exact) mass is 349 g/mol. The third-order valence-electron chi connectivity index (χ3n) is 3.09. The Morgan fingerprint density at radius 1 is 1.40 bits per heavy atom. The van der Waals surface area contributed by atoms with Crippen molar-refractivity contribution in [2.45, 2.75) is 6.54 Å². The quantitative estimate of drug-likeness (QED) is 0.675. The molecule has 0 bridgehead atoms. The van der Waals surface area contributed by atoms with Crippen LogP contribution in [-0.2, 0) is 6.54 Å². The first-order chi connectivity index (χ1) is 9.69. The smallest absolute Gasteiger partial charge is 0.196 e. The average Bonchev–Trinajstić information content (AvgIpc) is 3.01. The van der Waals surface area contributed by atoms with Gasteiger partial charge in [-0.2, -0.15) is 0 Å². The molecule has 2 heterocycles. The number of halogens is 1. The second-order valence-corrected chi connectivity index (χ2v) is 6.27. The number of aldehydes is 1. The van der Waals surface area contributed by atoms with Crippen molar-refractivity contribution < 1.29 is 4.79 Å². The molecule has 4 nitrogen and oxygen atoms in total. The molecule has 0 N–H and O–H groups in total. The second-order valence-electron chi connectivity index (χ2n) is 4.48. The molecule has 3 rings (SSSR count). The predicted octanol–water partition coefficient (Wildman–Crippen LogP) is 3.61. The Kier molecular flexibility index (Phi) is 3.58. The van der Waals surface area contributed by atoms with Crippen LogP contribution in [0.1, 0.15) is 16.1 Å². The van der Waals surface area contributed by atoms with Crippen molar-refractivity contribution in [2.24, 2.45) is 0 Å². The standard InChI is InChI=1S/C14H12BrN3OS/c1-17(8-10-2-4-11(15)5-3-10)13-12(9-19)18-6-7-20-14(18)16-13/h2-7,9H,8H2,1H3. The van der Waals surface area contributed by atoms with E-state index in [2.05, 4.69) is 33.0 Å². The van der Waals surface area contributed by atoms with Crippen LogP contribution in [0.15, 0.2) is 40.3 Å². The highest BCUT2D eigenvalue weighted by Gasteiger charge is 2.16. The fourth-order valence-electron chi connectivity index (χ4n) is 2.12. The van der Waals surface area contributed by atoms with Crippen molar-refractivity contribution in [1.29, 1.82) is 0 Å². The molecule has 1 aromatic carbocycles. The lowest BCUT2D eigenvalue weighted by atomic mass is 10.2. The summed E-state index contributed by atoms with van der Waals surface area (Å²) in [5.74, 6) is 0.717. The van der Waals surface area contributed by atoms with Gasteiger partial charge in [-0.3, -0.25) is 9.20 Å². The van der Waals surface area contributed by atoms with Crippen LogP contribution in [0.4, 0.5) is 5.82 Å². The molecule has 3 aromatic rings. The number of thiazole rings is 1. The van der Waals surface area contributed by atoms with Crippen LogP contribution in [0, 0.1) is 0 Å². The first kappa shape index (κ1) is 13.3. The van der Waals surface area contributed by atoms with Gasteiger partial charge in [-0.15, -0.1) is 11.3 Å². The molecule has 102 valence electrons. The lowest BCUT2D eigenvalue weighted by molar-refractivity contribution is 0.111. The molecular weight excluding hydrogens is 338 g/mol. The van der Waals surface area contributed by atoms with Crippen LogP contribution in [-0.4, -0.2) is 22.7 Å². The van der Waals surface area contributed by atoms with E-state index in [1.54, 1.807) is 0 Å². The van der Waals surface area contributed by atoms with E-state index in [1.165, 1.54) is 16.9 Å². The van der Waals surface area contributed by atoms with Gasteiger partial charge in [0.1, 0.15) is 5.69 Å². The van der Waals surface area contributed by atoms with Crippen LogP contribution in [0.5, 0.6) is 0 Å². The van der Waals surface area contributed by atoms with Crippen LogP contribution < -0.4 is 4.90 Å². The van der Waals surface area contributed by atoms with E-state index < -0.39 is 0 Å². The molecule has 0 unspecified atom stereocenters. The van der Waals surface area contributed by atoms with E-state index in [-0.39, 0.29) is 0 Å². The number of imidazole rings is 1. The van der Waals surface area contributed by atoms with Gasteiger partial charge in [0.2, 0.25) is 0 Å². The maximum Gasteiger partial charge on any atom is 0.196 e. The maximum atomic E-state index is 11.3. The second kappa shape index (κ2) is 5.38. The Morgan fingerprint density at radius 3 is 2.85 bits per heavy atom. The molecule has 0 amide bonds. The Morgan fingerprint density at radius 2 is 2.15 bits per heavy atom. The molecule has 0 fully saturated rings. The van der Waals surface area contributed by atoms with Gasteiger partial charge < -0.3 is 4.90 Å². The van der Waals surface area contributed by atoms with Gasteiger partial charge in [0.25, 0.3) is 0 Å². The number of carbonyl (C=O) groups excluding carboxylic acids is 1. The summed E-state index contributed by atoms with van der Waals surface area (Å²) in [7, 11) is 1.95. The Hall–Kier alpha value is -1.66. The van der Waals surface area contributed by atoms with E-state index in [4.69, 9.17) is 0 Å². The van der Waals surface area contributed by atoms with Crippen molar-refractivity contribution in [3.8, 4) is 0 Å². The van der Waals surface area contributed by atoms with E-state index in [1.807, 2.05) is 40.1 Å². The van der Waals surface area contributed by atoms with E-state index in [0.717, 1.165) is 21.5 Å². The number of fused-ring (bicyclic) bond motifs is 1. The Bertz CT molecular complexity index is 747. The summed E-state index contributed by atoms with van der Waals surface area (Å²) in [6, 6.07) is 8.13. The van der Waals surface area contributed by atoms with Gasteiger partial charge in [0.15, 0.2) is 17.1 Å². The zero-order valence-electron chi connectivity index (χ0n) is 10.8. The summed E-state index contributed by atoms with van der Waals surface area (Å²) >= 11 is 4.95. The Labute approximate surface area is 128 Å². The number of rotatable bonds is 4. The molecule has 20 heavy (non-hydrogen) atoms. The summed E-state index contributed by atoms with van der Waals surface area (Å²) in [5.41, 5.74) is 1.77. The zero-order valence-corrected chi connectivity index (χ0v) is 13.2. The molecule has 2 aromatic heterocycles. The topological polar surface area (TPSA) is 37.6 Å². The SMILES string of the molecule is CN(Cc1ccc(Br)cc1)c1nc2sccn2c1C=O. The van der Waals surface area contributed by atoms with Crippen LogP contribution in [0.25, 0.3) is 4.96 Å². The third kappa shape index (κ3) is 2.36. The maximum absolute atomic E-state index is 11.3. The summed E-state index contributed by atoms with van der Waals surface area (Å²) < 4.78 is 2.88. The molecule has 0 saturated carbocycles. The van der Waals surface area contributed by atoms with Crippen molar-refractivity contribution in [2.75, 3.05) is 11.9 Å². The highest BCUT2D eigenvalue weighted by Crippen LogP contribution is 2.24. The van der Waals surface area contributed by atoms with E-state index in [0.29, 0.717) is 12.2 Å². The van der Waals surface area contributed by atoms with Crippen LogP contribution in [0.2, 0.25) is 0 Å². The normalized spacial score (nSPS) is 10.9. The molecule has 0 atom stereocenters. The molecular formula is C14H12BrN3OS. The molecule has 0 aliphatic heterocycles. The Balaban J connectivity index is 1.91.